The van der Waals surface area contributed by atoms with Crippen LogP contribution in [0.3, 0.4) is 0 Å². The maximum atomic E-state index is 13.4. The Bertz CT molecular complexity index is 1330. The summed E-state index contributed by atoms with van der Waals surface area (Å²) in [5, 5.41) is 7.66. The van der Waals surface area contributed by atoms with Gasteiger partial charge < -0.3 is 14.6 Å². The van der Waals surface area contributed by atoms with Gasteiger partial charge in [-0.2, -0.15) is 5.10 Å². The molecule has 0 bridgehead atoms. The van der Waals surface area contributed by atoms with Crippen LogP contribution in [-0.4, -0.2) is 16.6 Å². The van der Waals surface area contributed by atoms with Gasteiger partial charge in [-0.3, -0.25) is 10.2 Å². The van der Waals surface area contributed by atoms with Crippen LogP contribution in [0.15, 0.2) is 92.8 Å². The molecule has 1 atom stereocenters. The number of anilines is 1. The fourth-order valence-electron chi connectivity index (χ4n) is 3.39. The Morgan fingerprint density at radius 3 is 2.87 bits per heavy atom. The summed E-state index contributed by atoms with van der Waals surface area (Å²) in [6, 6.07) is 14.6. The molecule has 2 N–H and O–H groups in total. The summed E-state index contributed by atoms with van der Waals surface area (Å²) in [5.74, 6) is -0.302. The Morgan fingerprint density at radius 1 is 1.13 bits per heavy atom. The number of hydrazone groups is 1. The Kier molecular flexibility index (Phi) is 4.17. The van der Waals surface area contributed by atoms with Gasteiger partial charge in [0, 0.05) is 17.3 Å². The van der Waals surface area contributed by atoms with Crippen LogP contribution in [0, 0.1) is 5.82 Å². The Morgan fingerprint density at radius 2 is 2.00 bits per heavy atom. The van der Waals surface area contributed by atoms with Gasteiger partial charge in [0.2, 0.25) is 0 Å². The van der Waals surface area contributed by atoms with Crippen molar-refractivity contribution < 1.29 is 13.6 Å². The van der Waals surface area contributed by atoms with Crippen LogP contribution in [0.5, 0.6) is 0 Å². The lowest BCUT2D eigenvalue weighted by atomic mass is 10.1. The van der Waals surface area contributed by atoms with Gasteiger partial charge >= 0.3 is 5.63 Å². The number of hydrogen-bond acceptors (Lipinski definition) is 6. The van der Waals surface area contributed by atoms with Crippen LogP contribution in [0.1, 0.15) is 11.7 Å². The smallest absolute Gasteiger partial charge is 0.343 e. The van der Waals surface area contributed by atoms with Gasteiger partial charge in [0.05, 0.1) is 11.1 Å². The Balaban J connectivity index is 1.45. The average molecular weight is 402 g/mol. The third-order valence-corrected chi connectivity index (χ3v) is 4.84. The molecule has 0 saturated heterocycles. The minimum Gasteiger partial charge on any atom is -0.422 e. The van der Waals surface area contributed by atoms with E-state index >= 15 is 0 Å². The number of amides is 1. The van der Waals surface area contributed by atoms with E-state index in [0.717, 1.165) is 5.39 Å². The second-order valence-electron chi connectivity index (χ2n) is 6.82. The zero-order chi connectivity index (χ0) is 20.7. The highest BCUT2D eigenvalue weighted by atomic mass is 19.1. The molecule has 30 heavy (non-hydrogen) atoms. The van der Waals surface area contributed by atoms with Crippen molar-refractivity contribution in [1.82, 2.24) is 10.3 Å². The van der Waals surface area contributed by atoms with E-state index in [0.29, 0.717) is 28.2 Å². The van der Waals surface area contributed by atoms with Crippen LogP contribution < -0.4 is 16.4 Å². The molecule has 0 aliphatic carbocycles. The standard InChI is InChI=1S/C22H15FN4O3/c23-15-5-3-6-16(11-15)24-21(28)14-8-9-19-25-26-20(27(19)12-14)17-10-13-4-1-2-7-18(13)30-22(17)29/h1-12,20,26H,(H,24,28). The van der Waals surface area contributed by atoms with Crippen molar-refractivity contribution in [3.8, 4) is 0 Å². The zero-order valence-electron chi connectivity index (χ0n) is 15.5. The summed E-state index contributed by atoms with van der Waals surface area (Å²) in [6.45, 7) is 0. The first-order valence-corrected chi connectivity index (χ1v) is 9.20. The molecule has 148 valence electrons. The normalized spacial score (nSPS) is 17.2. The minimum absolute atomic E-state index is 0.331. The first-order chi connectivity index (χ1) is 14.6. The first-order valence-electron chi connectivity index (χ1n) is 9.20. The Labute approximate surface area is 169 Å². The molecular weight excluding hydrogens is 387 g/mol. The molecule has 0 fully saturated rings. The SMILES string of the molecule is O=C(Nc1cccc(F)c1)C1=CN2C(=NNC2c2cc3ccccc3oc2=O)C=C1. The van der Waals surface area contributed by atoms with Crippen molar-refractivity contribution in [3.63, 3.8) is 0 Å². The third-order valence-electron chi connectivity index (χ3n) is 4.84. The summed E-state index contributed by atoms with van der Waals surface area (Å²) >= 11 is 0. The molecule has 0 radical (unpaired) electrons. The highest BCUT2D eigenvalue weighted by Gasteiger charge is 2.32. The Hall–Kier alpha value is -4.20. The van der Waals surface area contributed by atoms with Crippen molar-refractivity contribution in [2.45, 2.75) is 6.17 Å². The molecule has 8 heteroatoms. The predicted molar refractivity (Wildman–Crippen MR) is 110 cm³/mol. The number of amidine groups is 1. The summed E-state index contributed by atoms with van der Waals surface area (Å²) in [7, 11) is 0. The molecule has 1 amide bonds. The molecule has 0 spiro atoms. The number of nitrogens with zero attached hydrogens (tertiary/aromatic N) is 2. The maximum Gasteiger partial charge on any atom is 0.343 e. The number of hydrogen-bond donors (Lipinski definition) is 2. The topological polar surface area (TPSA) is 86.9 Å². The summed E-state index contributed by atoms with van der Waals surface area (Å²) in [4.78, 5) is 26.9. The molecule has 0 saturated carbocycles. The molecule has 1 aromatic heterocycles. The number of halogens is 1. The van der Waals surface area contributed by atoms with Gasteiger partial charge in [-0.1, -0.05) is 24.3 Å². The van der Waals surface area contributed by atoms with E-state index in [9.17, 15) is 14.0 Å². The first kappa shape index (κ1) is 17.9. The monoisotopic (exact) mass is 402 g/mol. The van der Waals surface area contributed by atoms with Gasteiger partial charge in [0.1, 0.15) is 11.4 Å². The van der Waals surface area contributed by atoms with E-state index in [-0.39, 0.29) is 0 Å². The molecule has 3 aromatic rings. The molecular formula is C22H15FN4O3. The quantitative estimate of drug-likeness (QED) is 0.657. The van der Waals surface area contributed by atoms with Crippen LogP contribution >= 0.6 is 0 Å². The maximum absolute atomic E-state index is 13.4. The zero-order valence-corrected chi connectivity index (χ0v) is 15.5. The van der Waals surface area contributed by atoms with Gasteiger partial charge in [-0.15, -0.1) is 0 Å². The van der Waals surface area contributed by atoms with Crippen LogP contribution in [0.4, 0.5) is 10.1 Å². The summed E-state index contributed by atoms with van der Waals surface area (Å²) in [6.07, 6.45) is 4.24. The molecule has 2 aliphatic rings. The summed E-state index contributed by atoms with van der Waals surface area (Å²) in [5.41, 5.74) is 3.96. The van der Waals surface area contributed by atoms with Gasteiger partial charge in [-0.25, -0.2) is 9.18 Å². The fraction of sp³-hybridized carbons (Fsp3) is 0.0455. The van der Waals surface area contributed by atoms with Gasteiger partial charge in [0.25, 0.3) is 5.91 Å². The molecule has 7 nitrogen and oxygen atoms in total. The molecule has 2 aliphatic heterocycles. The lowest BCUT2D eigenvalue weighted by Crippen LogP contribution is -2.34. The van der Waals surface area contributed by atoms with Crippen LogP contribution in [-0.2, 0) is 4.79 Å². The fourth-order valence-corrected chi connectivity index (χ4v) is 3.39. The second kappa shape index (κ2) is 7.00. The molecule has 1 unspecified atom stereocenters. The van der Waals surface area contributed by atoms with E-state index in [1.54, 1.807) is 47.5 Å². The number of nitrogens with one attached hydrogen (secondary N) is 2. The van der Waals surface area contributed by atoms with Crippen molar-refractivity contribution in [3.05, 3.63) is 100 Å². The number of benzene rings is 2. The summed E-state index contributed by atoms with van der Waals surface area (Å²) < 4.78 is 18.8. The van der Waals surface area contributed by atoms with E-state index in [1.807, 2.05) is 12.1 Å². The molecule has 5 rings (SSSR count). The largest absolute Gasteiger partial charge is 0.422 e. The number of para-hydroxylation sites is 1. The minimum atomic E-state index is -0.622. The van der Waals surface area contributed by atoms with E-state index < -0.39 is 23.5 Å². The number of rotatable bonds is 3. The second-order valence-corrected chi connectivity index (χ2v) is 6.82. The van der Waals surface area contributed by atoms with Crippen molar-refractivity contribution in [2.75, 3.05) is 5.32 Å². The van der Waals surface area contributed by atoms with Crippen molar-refractivity contribution >= 4 is 28.4 Å². The van der Waals surface area contributed by atoms with Gasteiger partial charge in [-0.05, 0) is 42.5 Å². The van der Waals surface area contributed by atoms with Crippen LogP contribution in [0.2, 0.25) is 0 Å². The van der Waals surface area contributed by atoms with Gasteiger partial charge in [0.15, 0.2) is 12.0 Å². The van der Waals surface area contributed by atoms with Crippen molar-refractivity contribution in [2.24, 2.45) is 5.10 Å². The highest BCUT2D eigenvalue weighted by Crippen LogP contribution is 2.27. The lowest BCUT2D eigenvalue weighted by molar-refractivity contribution is -0.112. The van der Waals surface area contributed by atoms with E-state index in [1.165, 1.54) is 18.2 Å². The van der Waals surface area contributed by atoms with E-state index in [2.05, 4.69) is 15.8 Å². The van der Waals surface area contributed by atoms with E-state index in [4.69, 9.17) is 4.42 Å². The molecule has 2 aromatic carbocycles. The predicted octanol–water partition coefficient (Wildman–Crippen LogP) is 3.24. The van der Waals surface area contributed by atoms with Crippen molar-refractivity contribution in [1.29, 1.82) is 0 Å². The molecule has 3 heterocycles. The average Bonchev–Trinajstić information content (AvgIpc) is 3.16. The van der Waals surface area contributed by atoms with Crippen LogP contribution in [0.25, 0.3) is 11.0 Å². The number of fused-ring (bicyclic) bond motifs is 2. The third kappa shape index (κ3) is 3.14. The number of carbonyl (C=O) groups is 1. The lowest BCUT2D eigenvalue weighted by Gasteiger charge is -2.25. The number of carbonyl (C=O) groups excluding carboxylic acids is 1. The highest BCUT2D eigenvalue weighted by molar-refractivity contribution is 6.09.